The highest BCUT2D eigenvalue weighted by Crippen LogP contribution is 2.21. The Kier molecular flexibility index (Phi) is 2.43. The van der Waals surface area contributed by atoms with Crippen LogP contribution in [0.5, 0.6) is 0 Å². The van der Waals surface area contributed by atoms with E-state index < -0.39 is 5.41 Å². The van der Waals surface area contributed by atoms with Gasteiger partial charge >= 0.3 is 0 Å². The second-order valence-electron chi connectivity index (χ2n) is 3.43. The molecule has 0 bridgehead atoms. The van der Waals surface area contributed by atoms with E-state index in [9.17, 15) is 4.39 Å². The van der Waals surface area contributed by atoms with Crippen molar-refractivity contribution < 1.29 is 9.50 Å². The van der Waals surface area contributed by atoms with E-state index >= 15 is 0 Å². The smallest absolute Gasteiger partial charge is 0.141 e. The van der Waals surface area contributed by atoms with Crippen molar-refractivity contribution in [3.8, 4) is 0 Å². The van der Waals surface area contributed by atoms with E-state index in [0.717, 1.165) is 6.20 Å². The summed E-state index contributed by atoms with van der Waals surface area (Å²) >= 11 is 0. The molecule has 0 spiro atoms. The fourth-order valence-corrected chi connectivity index (χ4v) is 0.873. The number of hydrogen-bond acceptors (Lipinski definition) is 2. The topological polar surface area (TPSA) is 33.1 Å². The summed E-state index contributed by atoms with van der Waals surface area (Å²) in [4.78, 5) is 3.71. The number of aliphatic hydroxyl groups excluding tert-OH is 1. The van der Waals surface area contributed by atoms with Crippen molar-refractivity contribution in [2.24, 2.45) is 0 Å². The summed E-state index contributed by atoms with van der Waals surface area (Å²) in [6.45, 7) is 3.66. The minimum Gasteiger partial charge on any atom is -0.395 e. The Hall–Kier alpha value is -0.960. The van der Waals surface area contributed by atoms with Crippen molar-refractivity contribution in [1.82, 2.24) is 4.98 Å². The Morgan fingerprint density at radius 2 is 2.17 bits per heavy atom. The number of rotatable bonds is 2. The molecular formula is C9H12FNO. The molecule has 0 amide bonds. The summed E-state index contributed by atoms with van der Waals surface area (Å²) in [5, 5.41) is 8.99. The van der Waals surface area contributed by atoms with Crippen LogP contribution >= 0.6 is 0 Å². The lowest BCUT2D eigenvalue weighted by molar-refractivity contribution is 0.218. The van der Waals surface area contributed by atoms with Gasteiger partial charge in [-0.1, -0.05) is 13.8 Å². The number of pyridine rings is 1. The molecule has 0 aliphatic rings. The summed E-state index contributed by atoms with van der Waals surface area (Å²) < 4.78 is 12.7. The molecule has 0 fully saturated rings. The molecule has 0 saturated heterocycles. The maximum Gasteiger partial charge on any atom is 0.141 e. The first-order chi connectivity index (χ1) is 5.56. The van der Waals surface area contributed by atoms with Gasteiger partial charge in [-0.15, -0.1) is 0 Å². The Morgan fingerprint density at radius 1 is 1.50 bits per heavy atom. The summed E-state index contributed by atoms with van der Waals surface area (Å²) in [6.07, 6.45) is 2.72. The molecule has 0 aliphatic heterocycles. The third-order valence-electron chi connectivity index (χ3n) is 1.88. The highest BCUT2D eigenvalue weighted by atomic mass is 19.1. The minimum absolute atomic E-state index is 0.0157. The third-order valence-corrected chi connectivity index (χ3v) is 1.88. The monoisotopic (exact) mass is 169 g/mol. The quantitative estimate of drug-likeness (QED) is 0.727. The van der Waals surface area contributed by atoms with Crippen LogP contribution in [0.3, 0.4) is 0 Å². The molecule has 0 radical (unpaired) electrons. The maximum atomic E-state index is 12.7. The zero-order chi connectivity index (χ0) is 9.19. The highest BCUT2D eigenvalue weighted by molar-refractivity contribution is 5.20. The number of aliphatic hydroxyl groups is 1. The predicted octanol–water partition coefficient (Wildman–Crippen LogP) is 1.49. The lowest BCUT2D eigenvalue weighted by Gasteiger charge is -2.21. The summed E-state index contributed by atoms with van der Waals surface area (Å²) in [5.41, 5.74) is 0.291. The van der Waals surface area contributed by atoms with Gasteiger partial charge in [0.25, 0.3) is 0 Å². The molecule has 1 aromatic heterocycles. The van der Waals surface area contributed by atoms with Crippen molar-refractivity contribution in [1.29, 1.82) is 0 Å². The first kappa shape index (κ1) is 9.13. The fraction of sp³-hybridized carbons (Fsp3) is 0.444. The number of halogens is 1. The lowest BCUT2D eigenvalue weighted by Crippen LogP contribution is -2.22. The van der Waals surface area contributed by atoms with Gasteiger partial charge in [0, 0.05) is 11.6 Å². The predicted molar refractivity (Wildman–Crippen MR) is 44.3 cm³/mol. The van der Waals surface area contributed by atoms with Crippen LogP contribution < -0.4 is 0 Å². The molecule has 66 valence electrons. The summed E-state index contributed by atoms with van der Waals surface area (Å²) in [5.74, 6) is -0.367. The third kappa shape index (κ3) is 1.80. The first-order valence-corrected chi connectivity index (χ1v) is 3.78. The van der Waals surface area contributed by atoms with Gasteiger partial charge in [-0.25, -0.2) is 4.39 Å². The van der Waals surface area contributed by atoms with Crippen LogP contribution in [0.2, 0.25) is 0 Å². The highest BCUT2D eigenvalue weighted by Gasteiger charge is 2.19. The summed E-state index contributed by atoms with van der Waals surface area (Å²) in [7, 11) is 0. The zero-order valence-corrected chi connectivity index (χ0v) is 7.21. The molecule has 1 rings (SSSR count). The van der Waals surface area contributed by atoms with Gasteiger partial charge in [0.1, 0.15) is 5.82 Å². The second-order valence-corrected chi connectivity index (χ2v) is 3.43. The lowest BCUT2D eigenvalue weighted by atomic mass is 9.87. The number of hydrogen-bond donors (Lipinski definition) is 1. The number of nitrogens with zero attached hydrogens (tertiary/aromatic N) is 1. The molecule has 12 heavy (non-hydrogen) atoms. The normalized spacial score (nSPS) is 11.7. The van der Waals surface area contributed by atoms with E-state index in [4.69, 9.17) is 5.11 Å². The van der Waals surface area contributed by atoms with E-state index in [1.54, 1.807) is 6.20 Å². The Bertz CT molecular complexity index is 273. The standard InChI is InChI=1S/C9H12FNO/c1-9(2,6-12)7-3-8(10)5-11-4-7/h3-5,12H,6H2,1-2H3. The Labute approximate surface area is 71.1 Å². The van der Waals surface area contributed by atoms with E-state index in [1.165, 1.54) is 6.07 Å². The summed E-state index contributed by atoms with van der Waals surface area (Å²) in [6, 6.07) is 1.39. The molecule has 0 saturated carbocycles. The maximum absolute atomic E-state index is 12.7. The molecule has 1 aromatic rings. The molecule has 1 heterocycles. The van der Waals surface area contributed by atoms with Gasteiger partial charge in [-0.2, -0.15) is 0 Å². The molecule has 0 unspecified atom stereocenters. The van der Waals surface area contributed by atoms with E-state index in [-0.39, 0.29) is 12.4 Å². The fourth-order valence-electron chi connectivity index (χ4n) is 0.873. The van der Waals surface area contributed by atoms with Crippen LogP contribution in [0.25, 0.3) is 0 Å². The van der Waals surface area contributed by atoms with E-state index in [1.807, 2.05) is 13.8 Å². The van der Waals surface area contributed by atoms with Crippen LogP contribution in [0.1, 0.15) is 19.4 Å². The minimum atomic E-state index is -0.422. The largest absolute Gasteiger partial charge is 0.395 e. The molecule has 1 N–H and O–H groups in total. The van der Waals surface area contributed by atoms with Gasteiger partial charge in [0.05, 0.1) is 12.8 Å². The van der Waals surface area contributed by atoms with Gasteiger partial charge in [-0.3, -0.25) is 4.98 Å². The average molecular weight is 169 g/mol. The van der Waals surface area contributed by atoms with Crippen molar-refractivity contribution in [2.75, 3.05) is 6.61 Å². The van der Waals surface area contributed by atoms with Gasteiger partial charge in [0.2, 0.25) is 0 Å². The molecule has 0 aromatic carbocycles. The van der Waals surface area contributed by atoms with Gasteiger partial charge in [-0.05, 0) is 11.6 Å². The van der Waals surface area contributed by atoms with Crippen molar-refractivity contribution >= 4 is 0 Å². The van der Waals surface area contributed by atoms with Crippen LogP contribution in [-0.2, 0) is 5.41 Å². The van der Waals surface area contributed by atoms with E-state index in [2.05, 4.69) is 4.98 Å². The molecule has 0 aliphatic carbocycles. The number of aromatic nitrogens is 1. The van der Waals surface area contributed by atoms with Crippen molar-refractivity contribution in [3.63, 3.8) is 0 Å². The second kappa shape index (κ2) is 3.19. The van der Waals surface area contributed by atoms with Gasteiger partial charge < -0.3 is 5.11 Å². The average Bonchev–Trinajstić information content (AvgIpc) is 2.05. The van der Waals surface area contributed by atoms with Crippen molar-refractivity contribution in [3.05, 3.63) is 29.8 Å². The van der Waals surface area contributed by atoms with Crippen LogP contribution in [0.4, 0.5) is 4.39 Å². The van der Waals surface area contributed by atoms with Crippen LogP contribution in [-0.4, -0.2) is 16.7 Å². The van der Waals surface area contributed by atoms with Crippen LogP contribution in [0.15, 0.2) is 18.5 Å². The molecule has 3 heteroatoms. The Balaban J connectivity index is 3.03. The zero-order valence-electron chi connectivity index (χ0n) is 7.21. The first-order valence-electron chi connectivity index (χ1n) is 3.78. The van der Waals surface area contributed by atoms with Crippen molar-refractivity contribution in [2.45, 2.75) is 19.3 Å². The molecular weight excluding hydrogens is 157 g/mol. The van der Waals surface area contributed by atoms with Gasteiger partial charge in [0.15, 0.2) is 0 Å². The van der Waals surface area contributed by atoms with E-state index in [0.29, 0.717) is 5.56 Å². The molecule has 2 nitrogen and oxygen atoms in total. The SMILES string of the molecule is CC(C)(CO)c1cncc(F)c1. The Morgan fingerprint density at radius 3 is 2.67 bits per heavy atom. The van der Waals surface area contributed by atoms with Crippen LogP contribution in [0, 0.1) is 5.82 Å². The molecule has 0 atom stereocenters.